The van der Waals surface area contributed by atoms with E-state index in [9.17, 15) is 9.90 Å². The summed E-state index contributed by atoms with van der Waals surface area (Å²) in [6.45, 7) is 3.99. The topological polar surface area (TPSA) is 88.5 Å². The van der Waals surface area contributed by atoms with Crippen LogP contribution in [0.4, 0.5) is 11.5 Å². The van der Waals surface area contributed by atoms with Crippen molar-refractivity contribution in [3.63, 3.8) is 0 Å². The normalized spacial score (nSPS) is 11.3. The van der Waals surface area contributed by atoms with Gasteiger partial charge in [0.25, 0.3) is 0 Å². The van der Waals surface area contributed by atoms with Crippen molar-refractivity contribution in [1.82, 2.24) is 9.38 Å². The lowest BCUT2D eigenvalue weighted by Gasteiger charge is -2.01. The molecule has 3 aromatic rings. The molecule has 1 N–H and O–H groups in total. The molecule has 0 amide bonds. The van der Waals surface area contributed by atoms with Gasteiger partial charge in [0.2, 0.25) is 0 Å². The maximum atomic E-state index is 11.9. The standard InChI is InChI=1S/C18H18N4O3/c1-3-25-16(24)11-14-18(21-20-13-8-4-5-9-15(13)23)22-10-6-7-12(2)17(22)19-14/h4-10,23H,3,11H2,1-2H3. The van der Waals surface area contributed by atoms with Gasteiger partial charge in [0.1, 0.15) is 17.1 Å². The second-order valence-corrected chi connectivity index (χ2v) is 5.44. The molecule has 0 spiro atoms. The quantitative estimate of drug-likeness (QED) is 0.565. The van der Waals surface area contributed by atoms with Crippen molar-refractivity contribution in [2.75, 3.05) is 6.61 Å². The lowest BCUT2D eigenvalue weighted by atomic mass is 10.3. The highest BCUT2D eigenvalue weighted by molar-refractivity contribution is 5.74. The number of phenolic OH excluding ortho intramolecular Hbond substituents is 1. The smallest absolute Gasteiger partial charge is 0.312 e. The zero-order valence-electron chi connectivity index (χ0n) is 14.0. The Labute approximate surface area is 144 Å². The lowest BCUT2D eigenvalue weighted by Crippen LogP contribution is -2.07. The molecule has 0 aliphatic rings. The number of fused-ring (bicyclic) bond motifs is 1. The van der Waals surface area contributed by atoms with Crippen LogP contribution in [0.15, 0.2) is 52.8 Å². The second kappa shape index (κ2) is 7.12. The van der Waals surface area contributed by atoms with Crippen LogP contribution < -0.4 is 0 Å². The Morgan fingerprint density at radius 2 is 2.04 bits per heavy atom. The number of azo groups is 1. The third-order valence-corrected chi connectivity index (χ3v) is 3.64. The first-order chi connectivity index (χ1) is 12.1. The van der Waals surface area contributed by atoms with E-state index in [0.717, 1.165) is 5.56 Å². The molecule has 0 radical (unpaired) electrons. The number of aryl methyl sites for hydroxylation is 1. The third-order valence-electron chi connectivity index (χ3n) is 3.64. The van der Waals surface area contributed by atoms with E-state index in [1.165, 1.54) is 6.07 Å². The number of esters is 1. The highest BCUT2D eigenvalue weighted by Gasteiger charge is 2.17. The van der Waals surface area contributed by atoms with Crippen LogP contribution in [0.2, 0.25) is 0 Å². The highest BCUT2D eigenvalue weighted by Crippen LogP contribution is 2.29. The number of hydrogen-bond acceptors (Lipinski definition) is 6. The first kappa shape index (κ1) is 16.6. The molecule has 0 bridgehead atoms. The average Bonchev–Trinajstić information content (AvgIpc) is 2.93. The molecule has 25 heavy (non-hydrogen) atoms. The summed E-state index contributed by atoms with van der Waals surface area (Å²) in [5.41, 5.74) is 2.48. The first-order valence-electron chi connectivity index (χ1n) is 7.92. The Bertz CT molecular complexity index is 947. The Morgan fingerprint density at radius 3 is 2.80 bits per heavy atom. The van der Waals surface area contributed by atoms with Gasteiger partial charge in [-0.25, -0.2) is 4.98 Å². The summed E-state index contributed by atoms with van der Waals surface area (Å²) in [5, 5.41) is 18.2. The SMILES string of the molecule is CCOC(=O)Cc1nc2c(C)cccn2c1N=Nc1ccccc1O. The monoisotopic (exact) mass is 338 g/mol. The van der Waals surface area contributed by atoms with Crippen molar-refractivity contribution in [3.8, 4) is 5.75 Å². The van der Waals surface area contributed by atoms with E-state index in [0.29, 0.717) is 29.5 Å². The van der Waals surface area contributed by atoms with E-state index >= 15 is 0 Å². The molecule has 1 aromatic carbocycles. The van der Waals surface area contributed by atoms with E-state index in [4.69, 9.17) is 4.74 Å². The van der Waals surface area contributed by atoms with Crippen molar-refractivity contribution in [2.24, 2.45) is 10.2 Å². The molecule has 128 valence electrons. The van der Waals surface area contributed by atoms with E-state index in [1.807, 2.05) is 25.3 Å². The summed E-state index contributed by atoms with van der Waals surface area (Å²) in [7, 11) is 0. The summed E-state index contributed by atoms with van der Waals surface area (Å²) >= 11 is 0. The van der Waals surface area contributed by atoms with E-state index < -0.39 is 0 Å². The zero-order valence-corrected chi connectivity index (χ0v) is 14.0. The van der Waals surface area contributed by atoms with Gasteiger partial charge in [0.05, 0.1) is 18.7 Å². The average molecular weight is 338 g/mol. The van der Waals surface area contributed by atoms with Crippen LogP contribution in [0, 0.1) is 6.92 Å². The van der Waals surface area contributed by atoms with Gasteiger partial charge >= 0.3 is 5.97 Å². The fraction of sp³-hybridized carbons (Fsp3) is 0.222. The van der Waals surface area contributed by atoms with Gasteiger partial charge in [-0.2, -0.15) is 0 Å². The number of imidazole rings is 1. The number of aromatic hydroxyl groups is 1. The number of benzene rings is 1. The molecule has 2 heterocycles. The van der Waals surface area contributed by atoms with Gasteiger partial charge in [-0.15, -0.1) is 10.2 Å². The molecule has 0 saturated heterocycles. The largest absolute Gasteiger partial charge is 0.506 e. The number of ether oxygens (including phenoxy) is 1. The number of hydrogen-bond donors (Lipinski definition) is 1. The van der Waals surface area contributed by atoms with E-state index in [-0.39, 0.29) is 18.1 Å². The molecule has 0 saturated carbocycles. The van der Waals surface area contributed by atoms with E-state index in [1.54, 1.807) is 29.5 Å². The van der Waals surface area contributed by atoms with Gasteiger partial charge in [-0.3, -0.25) is 9.20 Å². The van der Waals surface area contributed by atoms with Crippen molar-refractivity contribution in [1.29, 1.82) is 0 Å². The van der Waals surface area contributed by atoms with Crippen LogP contribution in [-0.2, 0) is 16.0 Å². The predicted molar refractivity (Wildman–Crippen MR) is 92.5 cm³/mol. The Balaban J connectivity index is 2.06. The van der Waals surface area contributed by atoms with Gasteiger partial charge in [0.15, 0.2) is 5.82 Å². The van der Waals surface area contributed by atoms with Crippen LogP contribution >= 0.6 is 0 Å². The minimum Gasteiger partial charge on any atom is -0.506 e. The molecule has 7 nitrogen and oxygen atoms in total. The molecular weight excluding hydrogens is 320 g/mol. The minimum absolute atomic E-state index is 0.00405. The molecule has 0 unspecified atom stereocenters. The van der Waals surface area contributed by atoms with Gasteiger partial charge < -0.3 is 9.84 Å². The molecule has 0 aliphatic carbocycles. The molecule has 3 rings (SSSR count). The maximum absolute atomic E-state index is 11.9. The summed E-state index contributed by atoms with van der Waals surface area (Å²) in [6.07, 6.45) is 1.81. The fourth-order valence-electron chi connectivity index (χ4n) is 2.46. The van der Waals surface area contributed by atoms with Crippen LogP contribution in [0.3, 0.4) is 0 Å². The second-order valence-electron chi connectivity index (χ2n) is 5.44. The van der Waals surface area contributed by atoms with Crippen molar-refractivity contribution in [2.45, 2.75) is 20.3 Å². The molecule has 2 aromatic heterocycles. The highest BCUT2D eigenvalue weighted by atomic mass is 16.5. The molecule has 0 aliphatic heterocycles. The Hall–Kier alpha value is -3.22. The first-order valence-corrected chi connectivity index (χ1v) is 7.92. The van der Waals surface area contributed by atoms with Gasteiger partial charge in [-0.1, -0.05) is 18.2 Å². The number of nitrogens with zero attached hydrogens (tertiary/aromatic N) is 4. The summed E-state index contributed by atoms with van der Waals surface area (Å²) < 4.78 is 6.78. The molecule has 0 fully saturated rings. The number of rotatable bonds is 5. The fourth-order valence-corrected chi connectivity index (χ4v) is 2.46. The van der Waals surface area contributed by atoms with Crippen LogP contribution in [0.25, 0.3) is 5.65 Å². The number of carbonyl (C=O) groups is 1. The third kappa shape index (κ3) is 3.50. The van der Waals surface area contributed by atoms with Crippen molar-refractivity contribution >= 4 is 23.1 Å². The van der Waals surface area contributed by atoms with Crippen molar-refractivity contribution < 1.29 is 14.6 Å². The zero-order chi connectivity index (χ0) is 17.8. The minimum atomic E-state index is -0.373. The van der Waals surface area contributed by atoms with Crippen LogP contribution in [-0.4, -0.2) is 27.1 Å². The maximum Gasteiger partial charge on any atom is 0.312 e. The number of aromatic nitrogens is 2. The lowest BCUT2D eigenvalue weighted by molar-refractivity contribution is -0.142. The van der Waals surface area contributed by atoms with Crippen LogP contribution in [0.5, 0.6) is 5.75 Å². The Morgan fingerprint density at radius 1 is 1.24 bits per heavy atom. The number of carbonyl (C=O) groups excluding carboxylic acids is 1. The number of phenols is 1. The van der Waals surface area contributed by atoms with E-state index in [2.05, 4.69) is 15.2 Å². The summed E-state index contributed by atoms with van der Waals surface area (Å²) in [4.78, 5) is 16.4. The Kier molecular flexibility index (Phi) is 4.74. The number of pyridine rings is 1. The summed E-state index contributed by atoms with van der Waals surface area (Å²) in [6, 6.07) is 10.5. The van der Waals surface area contributed by atoms with Crippen molar-refractivity contribution in [3.05, 3.63) is 53.9 Å². The van der Waals surface area contributed by atoms with Gasteiger partial charge in [-0.05, 0) is 37.6 Å². The molecule has 7 heteroatoms. The van der Waals surface area contributed by atoms with Crippen LogP contribution in [0.1, 0.15) is 18.2 Å². The number of para-hydroxylation sites is 1. The molecule has 0 atom stereocenters. The predicted octanol–water partition coefficient (Wildman–Crippen LogP) is 3.87. The molecular formula is C18H18N4O3. The summed E-state index contributed by atoms with van der Waals surface area (Å²) in [5.74, 6) is 0.0979. The van der Waals surface area contributed by atoms with Gasteiger partial charge in [0, 0.05) is 6.20 Å².